The molecule has 0 aromatic rings. The van der Waals surface area contributed by atoms with Gasteiger partial charge < -0.3 is 11.1 Å². The molecule has 0 aromatic carbocycles. The highest BCUT2D eigenvalue weighted by Crippen LogP contribution is 2.25. The third-order valence-corrected chi connectivity index (χ3v) is 2.57. The average molecular weight is 170 g/mol. The molecule has 0 heterocycles. The van der Waals surface area contributed by atoms with E-state index < -0.39 is 0 Å². The van der Waals surface area contributed by atoms with Crippen LogP contribution in [0.25, 0.3) is 0 Å². The highest BCUT2D eigenvalue weighted by Gasteiger charge is 2.19. The van der Waals surface area contributed by atoms with Crippen LogP contribution in [-0.4, -0.2) is 18.5 Å². The molecule has 0 radical (unpaired) electrons. The molecule has 12 heavy (non-hydrogen) atoms. The van der Waals surface area contributed by atoms with Gasteiger partial charge in [-0.05, 0) is 25.2 Å². The van der Waals surface area contributed by atoms with E-state index in [1.54, 1.807) is 0 Å². The van der Waals surface area contributed by atoms with Crippen LogP contribution in [0.1, 0.15) is 32.6 Å². The van der Waals surface area contributed by atoms with Crippen molar-refractivity contribution >= 4 is 5.91 Å². The molecular formula is C9H18N2O. The van der Waals surface area contributed by atoms with Crippen molar-refractivity contribution in [1.29, 1.82) is 0 Å². The van der Waals surface area contributed by atoms with Gasteiger partial charge in [0.05, 0.1) is 6.04 Å². The van der Waals surface area contributed by atoms with Gasteiger partial charge in [0.1, 0.15) is 0 Å². The van der Waals surface area contributed by atoms with Crippen LogP contribution in [0.5, 0.6) is 0 Å². The molecule has 70 valence electrons. The van der Waals surface area contributed by atoms with Crippen molar-refractivity contribution < 1.29 is 4.79 Å². The second kappa shape index (κ2) is 4.45. The number of hydrogen-bond donors (Lipinski definition) is 2. The van der Waals surface area contributed by atoms with E-state index in [1.165, 1.54) is 19.3 Å². The molecule has 1 fully saturated rings. The molecule has 1 aliphatic rings. The minimum atomic E-state index is -0.315. The number of rotatable bonds is 4. The van der Waals surface area contributed by atoms with E-state index in [2.05, 4.69) is 5.32 Å². The summed E-state index contributed by atoms with van der Waals surface area (Å²) in [6.07, 6.45) is 4.57. The number of nitrogens with one attached hydrogen (secondary N) is 1. The van der Waals surface area contributed by atoms with E-state index in [0.29, 0.717) is 0 Å². The molecule has 3 N–H and O–H groups in total. The molecular weight excluding hydrogens is 152 g/mol. The Morgan fingerprint density at radius 3 is 2.75 bits per heavy atom. The van der Waals surface area contributed by atoms with Gasteiger partial charge in [0.15, 0.2) is 0 Å². The predicted molar refractivity (Wildman–Crippen MR) is 48.6 cm³/mol. The zero-order valence-corrected chi connectivity index (χ0v) is 7.68. The first-order valence-corrected chi connectivity index (χ1v) is 4.77. The van der Waals surface area contributed by atoms with E-state index in [0.717, 1.165) is 18.9 Å². The molecule has 3 nitrogen and oxygen atoms in total. The Hall–Kier alpha value is -0.570. The summed E-state index contributed by atoms with van der Waals surface area (Å²) >= 11 is 0. The van der Waals surface area contributed by atoms with Crippen molar-refractivity contribution in [2.75, 3.05) is 6.54 Å². The van der Waals surface area contributed by atoms with Crippen molar-refractivity contribution in [3.63, 3.8) is 0 Å². The summed E-state index contributed by atoms with van der Waals surface area (Å²) in [6, 6.07) is -0.315. The highest BCUT2D eigenvalue weighted by atomic mass is 16.2. The minimum Gasteiger partial charge on any atom is -0.354 e. The Kier molecular flexibility index (Phi) is 3.53. The van der Waals surface area contributed by atoms with E-state index in [1.807, 2.05) is 6.92 Å². The van der Waals surface area contributed by atoms with Gasteiger partial charge in [-0.1, -0.05) is 13.3 Å². The Morgan fingerprint density at radius 2 is 2.33 bits per heavy atom. The second-order valence-corrected chi connectivity index (χ2v) is 3.56. The van der Waals surface area contributed by atoms with E-state index in [-0.39, 0.29) is 11.9 Å². The molecule has 0 bridgehead atoms. The number of carbonyl (C=O) groups excluding carboxylic acids is 1. The van der Waals surface area contributed by atoms with E-state index >= 15 is 0 Å². The normalized spacial score (nSPS) is 19.8. The molecule has 1 aliphatic carbocycles. The summed E-state index contributed by atoms with van der Waals surface area (Å²) < 4.78 is 0. The van der Waals surface area contributed by atoms with Crippen molar-refractivity contribution in [1.82, 2.24) is 5.32 Å². The first kappa shape index (κ1) is 9.52. The van der Waals surface area contributed by atoms with Gasteiger partial charge in [0.25, 0.3) is 0 Å². The zero-order chi connectivity index (χ0) is 8.97. The topological polar surface area (TPSA) is 55.1 Å². The lowest BCUT2D eigenvalue weighted by Crippen LogP contribution is -2.42. The highest BCUT2D eigenvalue weighted by molar-refractivity contribution is 5.81. The molecule has 0 aromatic heterocycles. The first-order chi connectivity index (χ1) is 5.74. The van der Waals surface area contributed by atoms with E-state index in [4.69, 9.17) is 5.73 Å². The molecule has 0 aliphatic heterocycles. The van der Waals surface area contributed by atoms with Crippen LogP contribution >= 0.6 is 0 Å². The fraction of sp³-hybridized carbons (Fsp3) is 0.889. The maximum absolute atomic E-state index is 11.2. The van der Waals surface area contributed by atoms with Gasteiger partial charge in [0.2, 0.25) is 5.91 Å². The van der Waals surface area contributed by atoms with Crippen LogP contribution in [0.3, 0.4) is 0 Å². The maximum Gasteiger partial charge on any atom is 0.236 e. The smallest absolute Gasteiger partial charge is 0.236 e. The molecule has 0 unspecified atom stereocenters. The molecule has 1 atom stereocenters. The zero-order valence-electron chi connectivity index (χ0n) is 7.68. The number of carbonyl (C=O) groups is 1. The van der Waals surface area contributed by atoms with Crippen LogP contribution in [0.15, 0.2) is 0 Å². The summed E-state index contributed by atoms with van der Waals surface area (Å²) in [6.45, 7) is 2.75. The summed E-state index contributed by atoms with van der Waals surface area (Å²) in [4.78, 5) is 11.2. The number of amides is 1. The van der Waals surface area contributed by atoms with Gasteiger partial charge in [-0.15, -0.1) is 0 Å². The Labute approximate surface area is 73.7 Å². The fourth-order valence-corrected chi connectivity index (χ4v) is 1.26. The molecule has 1 rings (SSSR count). The van der Waals surface area contributed by atoms with Gasteiger partial charge in [-0.2, -0.15) is 0 Å². The molecule has 1 amide bonds. The van der Waals surface area contributed by atoms with Crippen molar-refractivity contribution in [2.45, 2.75) is 38.6 Å². The summed E-state index contributed by atoms with van der Waals surface area (Å²) in [5, 5.41) is 2.87. The molecule has 3 heteroatoms. The van der Waals surface area contributed by atoms with Gasteiger partial charge >= 0.3 is 0 Å². The first-order valence-electron chi connectivity index (χ1n) is 4.77. The Bertz CT molecular complexity index is 155. The van der Waals surface area contributed by atoms with Crippen molar-refractivity contribution in [2.24, 2.45) is 11.7 Å². The quantitative estimate of drug-likeness (QED) is 0.650. The summed E-state index contributed by atoms with van der Waals surface area (Å²) in [5.74, 6) is 0.724. The maximum atomic E-state index is 11.2. The van der Waals surface area contributed by atoms with Crippen LogP contribution in [-0.2, 0) is 4.79 Å². The van der Waals surface area contributed by atoms with Crippen molar-refractivity contribution in [3.8, 4) is 0 Å². The minimum absolute atomic E-state index is 0.00407. The monoisotopic (exact) mass is 170 g/mol. The number of nitrogens with two attached hydrogens (primary N) is 1. The van der Waals surface area contributed by atoms with Crippen molar-refractivity contribution in [3.05, 3.63) is 0 Å². The average Bonchev–Trinajstić information content (AvgIpc) is 2.00. The summed E-state index contributed by atoms with van der Waals surface area (Å²) in [5.41, 5.74) is 5.55. The lowest BCUT2D eigenvalue weighted by atomic mass is 9.85. The molecule has 0 saturated heterocycles. The lowest BCUT2D eigenvalue weighted by Gasteiger charge is -2.25. The third-order valence-electron chi connectivity index (χ3n) is 2.57. The van der Waals surface area contributed by atoms with Crippen LogP contribution in [0, 0.1) is 5.92 Å². The van der Waals surface area contributed by atoms with Crippen LogP contribution < -0.4 is 11.1 Å². The van der Waals surface area contributed by atoms with Gasteiger partial charge in [-0.25, -0.2) is 0 Å². The van der Waals surface area contributed by atoms with E-state index in [9.17, 15) is 4.79 Å². The van der Waals surface area contributed by atoms with Crippen LogP contribution in [0.2, 0.25) is 0 Å². The lowest BCUT2D eigenvalue weighted by molar-refractivity contribution is -0.122. The Balaban J connectivity index is 2.08. The Morgan fingerprint density at radius 1 is 1.67 bits per heavy atom. The predicted octanol–water partition coefficient (Wildman–Crippen LogP) is 0.640. The SMILES string of the molecule is CC[C@@H](N)C(=O)NCC1CCC1. The molecule has 1 saturated carbocycles. The van der Waals surface area contributed by atoms with Crippen LogP contribution in [0.4, 0.5) is 0 Å². The standard InChI is InChI=1S/C9H18N2O/c1-2-8(10)9(12)11-6-7-4-3-5-7/h7-8H,2-6,10H2,1H3,(H,11,12)/t8-/m1/s1. The second-order valence-electron chi connectivity index (χ2n) is 3.56. The number of hydrogen-bond acceptors (Lipinski definition) is 2. The van der Waals surface area contributed by atoms with Gasteiger partial charge in [0, 0.05) is 6.54 Å². The summed E-state index contributed by atoms with van der Waals surface area (Å²) in [7, 11) is 0. The molecule has 0 spiro atoms. The third kappa shape index (κ3) is 2.48. The van der Waals surface area contributed by atoms with Gasteiger partial charge in [-0.3, -0.25) is 4.79 Å². The fourth-order valence-electron chi connectivity index (χ4n) is 1.26. The largest absolute Gasteiger partial charge is 0.354 e.